The SMILES string of the molecule is OCC(CO)NCC1CCCCN1. The molecule has 1 saturated heterocycles. The number of piperidine rings is 1. The molecular formula is C9H20N2O2. The molecule has 0 bridgehead atoms. The van der Waals surface area contributed by atoms with E-state index in [0.717, 1.165) is 13.1 Å². The second-order valence-corrected chi connectivity index (χ2v) is 3.62. The van der Waals surface area contributed by atoms with Crippen LogP contribution < -0.4 is 10.6 Å². The van der Waals surface area contributed by atoms with Gasteiger partial charge in [0.2, 0.25) is 0 Å². The summed E-state index contributed by atoms with van der Waals surface area (Å²) in [6, 6.07) is 0.345. The fraction of sp³-hybridized carbons (Fsp3) is 1.00. The molecule has 0 amide bonds. The number of aliphatic hydroxyl groups is 2. The second kappa shape index (κ2) is 6.32. The summed E-state index contributed by atoms with van der Waals surface area (Å²) in [6.07, 6.45) is 3.73. The van der Waals surface area contributed by atoms with Crippen molar-refractivity contribution < 1.29 is 10.2 Å². The largest absolute Gasteiger partial charge is 0.395 e. The number of aliphatic hydroxyl groups excluding tert-OH is 2. The third kappa shape index (κ3) is 4.04. The standard InChI is InChI=1S/C9H20N2O2/c12-6-9(7-13)11-5-8-3-1-2-4-10-8/h8-13H,1-7H2. The van der Waals surface area contributed by atoms with Gasteiger partial charge in [-0.15, -0.1) is 0 Å². The molecule has 1 rings (SSSR count). The van der Waals surface area contributed by atoms with Gasteiger partial charge in [-0.05, 0) is 19.4 Å². The van der Waals surface area contributed by atoms with Crippen LogP contribution in [0.25, 0.3) is 0 Å². The summed E-state index contributed by atoms with van der Waals surface area (Å²) in [5.74, 6) is 0. The van der Waals surface area contributed by atoms with Crippen molar-refractivity contribution in [2.24, 2.45) is 0 Å². The molecule has 0 aromatic heterocycles. The highest BCUT2D eigenvalue weighted by Crippen LogP contribution is 2.05. The summed E-state index contributed by atoms with van der Waals surface area (Å²) in [4.78, 5) is 0. The summed E-state index contributed by atoms with van der Waals surface area (Å²) in [6.45, 7) is 1.94. The van der Waals surface area contributed by atoms with E-state index in [9.17, 15) is 0 Å². The van der Waals surface area contributed by atoms with E-state index in [-0.39, 0.29) is 19.3 Å². The highest BCUT2D eigenvalue weighted by molar-refractivity contribution is 4.76. The van der Waals surface area contributed by atoms with Crippen molar-refractivity contribution in [3.05, 3.63) is 0 Å². The number of hydrogen-bond acceptors (Lipinski definition) is 4. The Morgan fingerprint density at radius 1 is 1.31 bits per heavy atom. The topological polar surface area (TPSA) is 64.5 Å². The maximum absolute atomic E-state index is 8.81. The summed E-state index contributed by atoms with van der Waals surface area (Å²) < 4.78 is 0. The molecular weight excluding hydrogens is 168 g/mol. The van der Waals surface area contributed by atoms with Crippen LogP contribution in [0.2, 0.25) is 0 Å². The molecule has 0 saturated carbocycles. The first kappa shape index (κ1) is 10.9. The van der Waals surface area contributed by atoms with Crippen LogP contribution in [0.3, 0.4) is 0 Å². The van der Waals surface area contributed by atoms with Gasteiger partial charge in [-0.2, -0.15) is 0 Å². The van der Waals surface area contributed by atoms with E-state index in [4.69, 9.17) is 10.2 Å². The van der Waals surface area contributed by atoms with Crippen LogP contribution in [0.15, 0.2) is 0 Å². The van der Waals surface area contributed by atoms with Crippen molar-refractivity contribution in [1.82, 2.24) is 10.6 Å². The zero-order valence-electron chi connectivity index (χ0n) is 8.00. The Kier molecular flexibility index (Phi) is 5.31. The first-order chi connectivity index (χ1) is 6.36. The van der Waals surface area contributed by atoms with Gasteiger partial charge < -0.3 is 20.8 Å². The maximum atomic E-state index is 8.81. The lowest BCUT2D eigenvalue weighted by atomic mass is 10.0. The van der Waals surface area contributed by atoms with Crippen molar-refractivity contribution in [3.63, 3.8) is 0 Å². The second-order valence-electron chi connectivity index (χ2n) is 3.62. The van der Waals surface area contributed by atoms with Crippen molar-refractivity contribution in [3.8, 4) is 0 Å². The Morgan fingerprint density at radius 2 is 2.08 bits per heavy atom. The Hall–Kier alpha value is -0.160. The quantitative estimate of drug-likeness (QED) is 0.450. The van der Waals surface area contributed by atoms with Gasteiger partial charge in [0.15, 0.2) is 0 Å². The van der Waals surface area contributed by atoms with Gasteiger partial charge in [-0.3, -0.25) is 0 Å². The molecule has 13 heavy (non-hydrogen) atoms. The van der Waals surface area contributed by atoms with Crippen LogP contribution in [0.5, 0.6) is 0 Å². The van der Waals surface area contributed by atoms with Crippen LogP contribution >= 0.6 is 0 Å². The molecule has 1 aliphatic rings. The molecule has 1 heterocycles. The molecule has 0 radical (unpaired) electrons. The van der Waals surface area contributed by atoms with Crippen LogP contribution in [-0.4, -0.2) is 48.6 Å². The van der Waals surface area contributed by atoms with E-state index in [1.807, 2.05) is 0 Å². The van der Waals surface area contributed by atoms with Crippen LogP contribution in [0.4, 0.5) is 0 Å². The normalized spacial score (nSPS) is 23.8. The zero-order chi connectivity index (χ0) is 9.52. The minimum absolute atomic E-state index is 0.00319. The Morgan fingerprint density at radius 3 is 2.62 bits per heavy atom. The number of rotatable bonds is 5. The highest BCUT2D eigenvalue weighted by Gasteiger charge is 2.13. The Labute approximate surface area is 79.3 Å². The summed E-state index contributed by atoms with van der Waals surface area (Å²) in [7, 11) is 0. The molecule has 78 valence electrons. The minimum atomic E-state index is -0.163. The van der Waals surface area contributed by atoms with Crippen molar-refractivity contribution in [2.45, 2.75) is 31.3 Å². The maximum Gasteiger partial charge on any atom is 0.0607 e. The molecule has 4 heteroatoms. The Balaban J connectivity index is 2.09. The molecule has 1 unspecified atom stereocenters. The van der Waals surface area contributed by atoms with Crippen molar-refractivity contribution >= 4 is 0 Å². The summed E-state index contributed by atoms with van der Waals surface area (Å²) in [5.41, 5.74) is 0. The summed E-state index contributed by atoms with van der Waals surface area (Å²) in [5, 5.41) is 24.1. The van der Waals surface area contributed by atoms with Gasteiger partial charge in [-0.25, -0.2) is 0 Å². The van der Waals surface area contributed by atoms with E-state index in [2.05, 4.69) is 10.6 Å². The third-order valence-electron chi connectivity index (χ3n) is 2.51. The zero-order valence-corrected chi connectivity index (χ0v) is 8.00. The number of nitrogens with one attached hydrogen (secondary N) is 2. The average molecular weight is 188 g/mol. The van der Waals surface area contributed by atoms with Gasteiger partial charge >= 0.3 is 0 Å². The van der Waals surface area contributed by atoms with Crippen LogP contribution in [0.1, 0.15) is 19.3 Å². The first-order valence-corrected chi connectivity index (χ1v) is 5.05. The first-order valence-electron chi connectivity index (χ1n) is 5.05. The molecule has 1 aliphatic heterocycles. The molecule has 4 nitrogen and oxygen atoms in total. The Bertz CT molecular complexity index is 123. The fourth-order valence-electron chi connectivity index (χ4n) is 1.59. The monoisotopic (exact) mass is 188 g/mol. The van der Waals surface area contributed by atoms with Crippen LogP contribution in [0, 0.1) is 0 Å². The van der Waals surface area contributed by atoms with Gasteiger partial charge in [0, 0.05) is 12.6 Å². The van der Waals surface area contributed by atoms with Crippen molar-refractivity contribution in [2.75, 3.05) is 26.3 Å². The lowest BCUT2D eigenvalue weighted by Gasteiger charge is -2.25. The van der Waals surface area contributed by atoms with Gasteiger partial charge in [0.25, 0.3) is 0 Å². The molecule has 0 aromatic carbocycles. The van der Waals surface area contributed by atoms with E-state index in [1.54, 1.807) is 0 Å². The van der Waals surface area contributed by atoms with E-state index >= 15 is 0 Å². The molecule has 0 aliphatic carbocycles. The summed E-state index contributed by atoms with van der Waals surface area (Å²) >= 11 is 0. The molecule has 1 atom stereocenters. The van der Waals surface area contributed by atoms with Gasteiger partial charge in [0.05, 0.1) is 19.3 Å². The lowest BCUT2D eigenvalue weighted by Crippen LogP contribution is -2.46. The number of hydrogen-bond donors (Lipinski definition) is 4. The molecule has 4 N–H and O–H groups in total. The predicted molar refractivity (Wildman–Crippen MR) is 51.6 cm³/mol. The smallest absolute Gasteiger partial charge is 0.0607 e. The van der Waals surface area contributed by atoms with Crippen LogP contribution in [-0.2, 0) is 0 Å². The van der Waals surface area contributed by atoms with Crippen molar-refractivity contribution in [1.29, 1.82) is 0 Å². The van der Waals surface area contributed by atoms with E-state index < -0.39 is 0 Å². The van der Waals surface area contributed by atoms with E-state index in [0.29, 0.717) is 6.04 Å². The molecule has 0 aromatic rings. The highest BCUT2D eigenvalue weighted by atomic mass is 16.3. The lowest BCUT2D eigenvalue weighted by molar-refractivity contribution is 0.167. The minimum Gasteiger partial charge on any atom is -0.395 e. The molecule has 1 fully saturated rings. The predicted octanol–water partition coefficient (Wildman–Crippen LogP) is -0.929. The van der Waals surface area contributed by atoms with Gasteiger partial charge in [-0.1, -0.05) is 6.42 Å². The van der Waals surface area contributed by atoms with Gasteiger partial charge in [0.1, 0.15) is 0 Å². The van der Waals surface area contributed by atoms with E-state index in [1.165, 1.54) is 19.3 Å². The fourth-order valence-corrected chi connectivity index (χ4v) is 1.59. The third-order valence-corrected chi connectivity index (χ3v) is 2.51. The average Bonchev–Trinajstić information content (AvgIpc) is 2.21. The molecule has 0 spiro atoms.